The number of alkyl halides is 3. The number of carbonyl (C=O) groups is 1. The highest BCUT2D eigenvalue weighted by Crippen LogP contribution is 2.36. The fourth-order valence-corrected chi connectivity index (χ4v) is 2.20. The van der Waals surface area contributed by atoms with E-state index in [0.717, 1.165) is 11.6 Å². The maximum absolute atomic E-state index is 12.2. The number of hydrogen-bond donors (Lipinski definition) is 1. The molecule has 0 bridgehead atoms. The van der Waals surface area contributed by atoms with Crippen molar-refractivity contribution in [3.63, 3.8) is 0 Å². The van der Waals surface area contributed by atoms with E-state index in [1.165, 1.54) is 0 Å². The molecule has 0 fully saturated rings. The van der Waals surface area contributed by atoms with Crippen molar-refractivity contribution in [2.24, 2.45) is 0 Å². The Morgan fingerprint density at radius 3 is 2.90 bits per heavy atom. The molecule has 6 heteroatoms. The van der Waals surface area contributed by atoms with Crippen LogP contribution in [-0.2, 0) is 16.0 Å². The van der Waals surface area contributed by atoms with Crippen LogP contribution in [0.3, 0.4) is 0 Å². The zero-order valence-corrected chi connectivity index (χ0v) is 10.7. The van der Waals surface area contributed by atoms with Gasteiger partial charge in [0.05, 0.1) is 6.10 Å². The van der Waals surface area contributed by atoms with E-state index in [4.69, 9.17) is 4.74 Å². The number of amides is 1. The zero-order valence-electron chi connectivity index (χ0n) is 10.7. The summed E-state index contributed by atoms with van der Waals surface area (Å²) in [5.74, 6) is -0.365. The van der Waals surface area contributed by atoms with Crippen molar-refractivity contribution in [1.29, 1.82) is 0 Å². The van der Waals surface area contributed by atoms with Crippen LogP contribution in [0.15, 0.2) is 30.9 Å². The highest BCUT2D eigenvalue weighted by atomic mass is 19.4. The smallest absolute Gasteiger partial charge is 0.364 e. The summed E-state index contributed by atoms with van der Waals surface area (Å²) in [6.07, 6.45) is -2.59. The molecule has 1 aromatic rings. The van der Waals surface area contributed by atoms with Gasteiger partial charge in [-0.05, 0) is 42.2 Å². The van der Waals surface area contributed by atoms with Gasteiger partial charge in [-0.2, -0.15) is 13.2 Å². The maximum atomic E-state index is 12.2. The van der Waals surface area contributed by atoms with Gasteiger partial charge in [0.25, 0.3) is 0 Å². The van der Waals surface area contributed by atoms with Gasteiger partial charge in [0.2, 0.25) is 5.91 Å². The predicted octanol–water partition coefficient (Wildman–Crippen LogP) is 3.38. The molecule has 0 aliphatic heterocycles. The topological polar surface area (TPSA) is 38.3 Å². The highest BCUT2D eigenvalue weighted by Gasteiger charge is 2.32. The summed E-state index contributed by atoms with van der Waals surface area (Å²) in [7, 11) is 0. The van der Waals surface area contributed by atoms with Crippen LogP contribution in [0.2, 0.25) is 0 Å². The Kier molecular flexibility index (Phi) is 4.13. The summed E-state index contributed by atoms with van der Waals surface area (Å²) >= 11 is 0. The fraction of sp³-hybridized carbons (Fsp3) is 0.357. The lowest BCUT2D eigenvalue weighted by Crippen LogP contribution is -2.18. The van der Waals surface area contributed by atoms with Crippen LogP contribution in [0.5, 0.6) is 0 Å². The lowest BCUT2D eigenvalue weighted by atomic mass is 10.1. The number of nitrogens with one attached hydrogen (secondary N) is 1. The van der Waals surface area contributed by atoms with Gasteiger partial charge in [-0.25, -0.2) is 0 Å². The van der Waals surface area contributed by atoms with E-state index in [0.29, 0.717) is 24.1 Å². The Bertz CT molecular complexity index is 526. The van der Waals surface area contributed by atoms with Crippen LogP contribution in [0, 0.1) is 0 Å². The van der Waals surface area contributed by atoms with Crippen molar-refractivity contribution >= 4 is 11.6 Å². The number of fused-ring (bicyclic) bond motifs is 1. The average Bonchev–Trinajstić information content (AvgIpc) is 2.78. The molecule has 1 aromatic carbocycles. The third-order valence-corrected chi connectivity index (χ3v) is 3.07. The lowest BCUT2D eigenvalue weighted by molar-refractivity contribution is -0.185. The van der Waals surface area contributed by atoms with Gasteiger partial charge in [-0.3, -0.25) is 4.79 Å². The minimum absolute atomic E-state index is 0.365. The molecule has 108 valence electrons. The molecule has 20 heavy (non-hydrogen) atoms. The fourth-order valence-electron chi connectivity index (χ4n) is 2.20. The van der Waals surface area contributed by atoms with Crippen LogP contribution in [0.25, 0.3) is 0 Å². The maximum Gasteiger partial charge on any atom is 0.411 e. The van der Waals surface area contributed by atoms with Gasteiger partial charge in [-0.1, -0.05) is 12.6 Å². The molecule has 1 atom stereocenters. The van der Waals surface area contributed by atoms with Gasteiger partial charge in [0, 0.05) is 5.69 Å². The van der Waals surface area contributed by atoms with Crippen molar-refractivity contribution < 1.29 is 22.7 Å². The molecular formula is C14H14F3NO2. The predicted molar refractivity (Wildman–Crippen MR) is 68.3 cm³/mol. The number of halogens is 3. The minimum Gasteiger partial charge on any atom is -0.364 e. The first kappa shape index (κ1) is 14.6. The molecule has 3 nitrogen and oxygen atoms in total. The number of rotatable bonds is 4. The van der Waals surface area contributed by atoms with E-state index >= 15 is 0 Å². The molecule has 2 rings (SSSR count). The standard InChI is InChI=1S/C14H14F3NO2/c1-2-13(19)18-10-5-3-9-4-6-12(11(9)7-10)20-8-14(15,16)17/h2-3,5,7,12H,1,4,6,8H2,(H,18,19). The van der Waals surface area contributed by atoms with Crippen LogP contribution >= 0.6 is 0 Å². The second kappa shape index (κ2) is 5.66. The largest absolute Gasteiger partial charge is 0.411 e. The molecule has 0 spiro atoms. The quantitative estimate of drug-likeness (QED) is 0.861. The number of aryl methyl sites for hydroxylation is 1. The number of anilines is 1. The van der Waals surface area contributed by atoms with Crippen molar-refractivity contribution in [2.75, 3.05) is 11.9 Å². The molecule has 1 aliphatic carbocycles. The average molecular weight is 285 g/mol. The second-order valence-electron chi connectivity index (χ2n) is 4.56. The Morgan fingerprint density at radius 2 is 2.25 bits per heavy atom. The van der Waals surface area contributed by atoms with Crippen molar-refractivity contribution in [2.45, 2.75) is 25.1 Å². The molecule has 0 saturated carbocycles. The summed E-state index contributed by atoms with van der Waals surface area (Å²) in [5, 5.41) is 2.58. The van der Waals surface area contributed by atoms with Crippen molar-refractivity contribution in [1.82, 2.24) is 0 Å². The van der Waals surface area contributed by atoms with Crippen LogP contribution in [-0.4, -0.2) is 18.7 Å². The molecule has 0 saturated heterocycles. The molecule has 0 radical (unpaired) electrons. The van der Waals surface area contributed by atoms with Crippen molar-refractivity contribution in [3.8, 4) is 0 Å². The van der Waals surface area contributed by atoms with E-state index < -0.39 is 18.9 Å². The monoisotopic (exact) mass is 285 g/mol. The van der Waals surface area contributed by atoms with E-state index in [2.05, 4.69) is 11.9 Å². The van der Waals surface area contributed by atoms with Gasteiger partial charge in [0.15, 0.2) is 0 Å². The van der Waals surface area contributed by atoms with Crippen LogP contribution in [0.4, 0.5) is 18.9 Å². The first-order chi connectivity index (χ1) is 9.39. The Hall–Kier alpha value is -1.82. The van der Waals surface area contributed by atoms with Crippen molar-refractivity contribution in [3.05, 3.63) is 42.0 Å². The van der Waals surface area contributed by atoms with Gasteiger partial charge in [-0.15, -0.1) is 0 Å². The summed E-state index contributed by atoms with van der Waals surface area (Å²) in [6, 6.07) is 5.17. The zero-order chi connectivity index (χ0) is 14.8. The van der Waals surface area contributed by atoms with E-state index in [9.17, 15) is 18.0 Å². The summed E-state index contributed by atoms with van der Waals surface area (Å²) in [4.78, 5) is 11.2. The first-order valence-electron chi connectivity index (χ1n) is 6.13. The third-order valence-electron chi connectivity index (χ3n) is 3.07. The van der Waals surface area contributed by atoms with Crippen LogP contribution < -0.4 is 5.32 Å². The van der Waals surface area contributed by atoms with Gasteiger partial charge >= 0.3 is 6.18 Å². The van der Waals surface area contributed by atoms with E-state index in [1.54, 1.807) is 18.2 Å². The summed E-state index contributed by atoms with van der Waals surface area (Å²) in [6.45, 7) is 2.08. The minimum atomic E-state index is -4.34. The summed E-state index contributed by atoms with van der Waals surface area (Å²) < 4.78 is 41.5. The lowest BCUT2D eigenvalue weighted by Gasteiger charge is -2.15. The number of benzene rings is 1. The molecule has 1 amide bonds. The van der Waals surface area contributed by atoms with Gasteiger partial charge < -0.3 is 10.1 Å². The first-order valence-corrected chi connectivity index (χ1v) is 6.13. The molecule has 1 aliphatic rings. The number of carbonyl (C=O) groups excluding carboxylic acids is 1. The molecule has 0 heterocycles. The molecule has 0 aromatic heterocycles. The highest BCUT2D eigenvalue weighted by molar-refractivity contribution is 5.98. The third kappa shape index (κ3) is 3.60. The Labute approximate surface area is 114 Å². The Morgan fingerprint density at radius 1 is 1.50 bits per heavy atom. The normalized spacial score (nSPS) is 17.6. The van der Waals surface area contributed by atoms with Crippen LogP contribution in [0.1, 0.15) is 23.7 Å². The molecule has 1 unspecified atom stereocenters. The Balaban J connectivity index is 2.11. The SMILES string of the molecule is C=CC(=O)Nc1ccc2c(c1)C(OCC(F)(F)F)CC2. The summed E-state index contributed by atoms with van der Waals surface area (Å²) in [5.41, 5.74) is 2.18. The second-order valence-corrected chi connectivity index (χ2v) is 4.56. The van der Waals surface area contributed by atoms with E-state index in [1.807, 2.05) is 0 Å². The van der Waals surface area contributed by atoms with Gasteiger partial charge in [0.1, 0.15) is 6.61 Å². The molecular weight excluding hydrogens is 271 g/mol. The van der Waals surface area contributed by atoms with E-state index in [-0.39, 0.29) is 5.91 Å². The number of hydrogen-bond acceptors (Lipinski definition) is 2. The number of ether oxygens (including phenoxy) is 1. The molecule has 1 N–H and O–H groups in total.